The second-order valence-electron chi connectivity index (χ2n) is 7.33. The molecule has 1 amide bonds. The third kappa shape index (κ3) is 4.30. The number of amides is 1. The normalized spacial score (nSPS) is 11.6. The molecule has 0 radical (unpaired) electrons. The van der Waals surface area contributed by atoms with E-state index in [2.05, 4.69) is 20.2 Å². The van der Waals surface area contributed by atoms with Gasteiger partial charge >= 0.3 is 0 Å². The molecule has 10 heteroatoms. The van der Waals surface area contributed by atoms with E-state index in [1.54, 1.807) is 23.6 Å². The van der Waals surface area contributed by atoms with Gasteiger partial charge in [0.05, 0.1) is 11.3 Å². The van der Waals surface area contributed by atoms with Gasteiger partial charge in [-0.05, 0) is 46.5 Å². The number of fused-ring (bicyclic) bond motifs is 2. The van der Waals surface area contributed by atoms with Crippen LogP contribution in [0.15, 0.2) is 82.5 Å². The van der Waals surface area contributed by atoms with Crippen LogP contribution in [-0.2, 0) is 16.4 Å². The van der Waals surface area contributed by atoms with Crippen molar-refractivity contribution in [3.63, 3.8) is 0 Å². The molecule has 0 atom stereocenters. The summed E-state index contributed by atoms with van der Waals surface area (Å²) in [5.41, 5.74) is 1.21. The van der Waals surface area contributed by atoms with Crippen LogP contribution in [0.25, 0.3) is 16.4 Å². The Morgan fingerprint density at radius 1 is 0.970 bits per heavy atom. The van der Waals surface area contributed by atoms with Crippen molar-refractivity contribution < 1.29 is 13.2 Å². The summed E-state index contributed by atoms with van der Waals surface area (Å²) in [4.78, 5) is 13.1. The van der Waals surface area contributed by atoms with Gasteiger partial charge in [0.25, 0.3) is 15.9 Å². The number of pyridine rings is 1. The van der Waals surface area contributed by atoms with Crippen LogP contribution in [0.5, 0.6) is 0 Å². The molecule has 0 saturated heterocycles. The van der Waals surface area contributed by atoms with E-state index in [4.69, 9.17) is 0 Å². The number of nitrogens with one attached hydrogen (secondary N) is 2. The molecule has 33 heavy (non-hydrogen) atoms. The molecule has 5 rings (SSSR count). The van der Waals surface area contributed by atoms with Crippen LogP contribution in [0.1, 0.15) is 16.2 Å². The Bertz CT molecular complexity index is 1560. The first kappa shape index (κ1) is 21.1. The fourth-order valence-electron chi connectivity index (χ4n) is 3.57. The number of hydrogen-bond donors (Lipinski definition) is 2. The minimum atomic E-state index is -3.81. The molecule has 5 aromatic rings. The second-order valence-corrected chi connectivity index (χ2v) is 10.2. The average Bonchev–Trinajstić information content (AvgIpc) is 3.50. The summed E-state index contributed by atoms with van der Waals surface area (Å²) in [7, 11) is -3.81. The highest BCUT2D eigenvalue weighted by molar-refractivity contribution is 7.94. The third-order valence-electron chi connectivity index (χ3n) is 5.15. The lowest BCUT2D eigenvalue weighted by atomic mass is 10.0. The van der Waals surface area contributed by atoms with Crippen LogP contribution < -0.4 is 10.0 Å². The minimum Gasteiger partial charge on any atom is -0.352 e. The van der Waals surface area contributed by atoms with E-state index in [1.807, 2.05) is 53.1 Å². The van der Waals surface area contributed by atoms with E-state index in [0.717, 1.165) is 33.6 Å². The van der Waals surface area contributed by atoms with Crippen LogP contribution in [-0.4, -0.2) is 35.5 Å². The van der Waals surface area contributed by atoms with Crippen molar-refractivity contribution in [2.24, 2.45) is 0 Å². The summed E-state index contributed by atoms with van der Waals surface area (Å²) < 4.78 is 30.3. The molecule has 0 bridgehead atoms. The standard InChI is InChI=1S/C23H19N5O3S2/c29-23(24-11-10-21-26-25-20-8-3-4-12-28(20)21)18-14-16-6-1-2-7-17(16)15-19(18)27-33(30,31)22-9-5-13-32-22/h1-9,12-15,27H,10-11H2,(H,24,29). The Hall–Kier alpha value is -3.76. The molecule has 0 aliphatic heterocycles. The highest BCUT2D eigenvalue weighted by atomic mass is 32.2. The molecule has 0 spiro atoms. The molecule has 0 aliphatic carbocycles. The molecular weight excluding hydrogens is 458 g/mol. The Morgan fingerprint density at radius 2 is 1.76 bits per heavy atom. The van der Waals surface area contributed by atoms with Gasteiger partial charge in [-0.25, -0.2) is 8.42 Å². The van der Waals surface area contributed by atoms with Gasteiger partial charge in [-0.15, -0.1) is 21.5 Å². The molecule has 3 heterocycles. The van der Waals surface area contributed by atoms with Gasteiger partial charge in [-0.1, -0.05) is 36.4 Å². The van der Waals surface area contributed by atoms with Crippen LogP contribution in [0, 0.1) is 0 Å². The lowest BCUT2D eigenvalue weighted by Crippen LogP contribution is -2.27. The smallest absolute Gasteiger partial charge is 0.271 e. The fourth-order valence-corrected chi connectivity index (χ4v) is 5.63. The number of carbonyl (C=O) groups excluding carboxylic acids is 1. The van der Waals surface area contributed by atoms with Gasteiger partial charge in [0.15, 0.2) is 5.65 Å². The Morgan fingerprint density at radius 3 is 2.55 bits per heavy atom. The maximum absolute atomic E-state index is 13.1. The third-order valence-corrected chi connectivity index (χ3v) is 7.92. The minimum absolute atomic E-state index is 0.181. The Balaban J connectivity index is 1.41. The summed E-state index contributed by atoms with van der Waals surface area (Å²) in [6.45, 7) is 0.318. The first-order valence-electron chi connectivity index (χ1n) is 10.2. The lowest BCUT2D eigenvalue weighted by molar-refractivity contribution is 0.0955. The van der Waals surface area contributed by atoms with Crippen molar-refractivity contribution in [2.75, 3.05) is 11.3 Å². The van der Waals surface area contributed by atoms with Gasteiger partial charge in [0, 0.05) is 19.2 Å². The maximum atomic E-state index is 13.1. The number of benzene rings is 2. The molecule has 3 aromatic heterocycles. The van der Waals surface area contributed by atoms with Crippen LogP contribution >= 0.6 is 11.3 Å². The van der Waals surface area contributed by atoms with Gasteiger partial charge in [-0.2, -0.15) is 0 Å². The number of nitrogens with zero attached hydrogens (tertiary/aromatic N) is 3. The van der Waals surface area contributed by atoms with Gasteiger partial charge in [0.1, 0.15) is 10.0 Å². The quantitative estimate of drug-likeness (QED) is 0.372. The number of rotatable bonds is 7. The zero-order valence-electron chi connectivity index (χ0n) is 17.3. The van der Waals surface area contributed by atoms with Crippen molar-refractivity contribution in [1.82, 2.24) is 19.9 Å². The summed E-state index contributed by atoms with van der Waals surface area (Å²) in [6.07, 6.45) is 2.34. The largest absolute Gasteiger partial charge is 0.352 e. The van der Waals surface area contributed by atoms with Crippen LogP contribution in [0.4, 0.5) is 5.69 Å². The topological polar surface area (TPSA) is 105 Å². The highest BCUT2D eigenvalue weighted by Crippen LogP contribution is 2.27. The van der Waals surface area contributed by atoms with E-state index in [9.17, 15) is 13.2 Å². The molecule has 0 fully saturated rings. The zero-order chi connectivity index (χ0) is 22.8. The predicted molar refractivity (Wildman–Crippen MR) is 128 cm³/mol. The number of thiophene rings is 1. The van der Waals surface area contributed by atoms with E-state index < -0.39 is 10.0 Å². The molecular formula is C23H19N5O3S2. The van der Waals surface area contributed by atoms with E-state index in [0.29, 0.717) is 13.0 Å². The van der Waals surface area contributed by atoms with Crippen molar-refractivity contribution in [3.8, 4) is 0 Å². The van der Waals surface area contributed by atoms with E-state index in [1.165, 1.54) is 6.07 Å². The Labute approximate surface area is 194 Å². The number of aromatic nitrogens is 3. The molecule has 166 valence electrons. The lowest BCUT2D eigenvalue weighted by Gasteiger charge is -2.14. The summed E-state index contributed by atoms with van der Waals surface area (Å²) in [6, 6.07) is 19.7. The van der Waals surface area contributed by atoms with Crippen molar-refractivity contribution in [2.45, 2.75) is 10.6 Å². The molecule has 2 N–H and O–H groups in total. The van der Waals surface area contributed by atoms with E-state index in [-0.39, 0.29) is 21.4 Å². The highest BCUT2D eigenvalue weighted by Gasteiger charge is 2.20. The zero-order valence-corrected chi connectivity index (χ0v) is 18.9. The molecule has 8 nitrogen and oxygen atoms in total. The average molecular weight is 478 g/mol. The number of carbonyl (C=O) groups is 1. The Kier molecular flexibility index (Phi) is 5.53. The molecule has 0 saturated carbocycles. The second kappa shape index (κ2) is 8.64. The maximum Gasteiger partial charge on any atom is 0.271 e. The summed E-state index contributed by atoms with van der Waals surface area (Å²) >= 11 is 1.11. The molecule has 0 aliphatic rings. The fraction of sp³-hybridized carbons (Fsp3) is 0.0870. The number of anilines is 1. The van der Waals surface area contributed by atoms with Crippen LogP contribution in [0.3, 0.4) is 0 Å². The van der Waals surface area contributed by atoms with Gasteiger partial charge < -0.3 is 5.32 Å². The summed E-state index contributed by atoms with van der Waals surface area (Å²) in [5.74, 6) is 0.349. The number of sulfonamides is 1. The van der Waals surface area contributed by atoms with Gasteiger partial charge in [0.2, 0.25) is 0 Å². The monoisotopic (exact) mass is 477 g/mol. The predicted octanol–water partition coefficient (Wildman–Crippen LogP) is 3.72. The van der Waals surface area contributed by atoms with Crippen molar-refractivity contribution in [3.05, 3.63) is 89.7 Å². The first-order chi connectivity index (χ1) is 16.0. The van der Waals surface area contributed by atoms with Crippen molar-refractivity contribution >= 4 is 49.4 Å². The molecule has 2 aromatic carbocycles. The van der Waals surface area contributed by atoms with Crippen LogP contribution in [0.2, 0.25) is 0 Å². The van der Waals surface area contributed by atoms with Crippen molar-refractivity contribution in [1.29, 1.82) is 0 Å². The van der Waals surface area contributed by atoms with E-state index >= 15 is 0 Å². The first-order valence-corrected chi connectivity index (χ1v) is 12.5. The van der Waals surface area contributed by atoms with Gasteiger partial charge in [-0.3, -0.25) is 13.9 Å². The number of hydrogen-bond acceptors (Lipinski definition) is 6. The summed E-state index contributed by atoms with van der Waals surface area (Å²) in [5, 5.41) is 14.5. The molecule has 0 unspecified atom stereocenters. The SMILES string of the molecule is O=C(NCCc1nnc2ccccn12)c1cc2ccccc2cc1NS(=O)(=O)c1cccs1.